The van der Waals surface area contributed by atoms with Gasteiger partial charge >= 0.3 is 0 Å². The van der Waals surface area contributed by atoms with Crippen LogP contribution in [0.3, 0.4) is 0 Å². The SMILES string of the molecule is Clc1ccc(OC2CC3(CCNC3)C2)c2ccccc12. The van der Waals surface area contributed by atoms with Crippen molar-refractivity contribution in [2.75, 3.05) is 13.1 Å². The van der Waals surface area contributed by atoms with Gasteiger partial charge in [-0.15, -0.1) is 0 Å². The van der Waals surface area contributed by atoms with Gasteiger partial charge in [0, 0.05) is 22.3 Å². The van der Waals surface area contributed by atoms with E-state index >= 15 is 0 Å². The van der Waals surface area contributed by atoms with Crippen molar-refractivity contribution >= 4 is 22.4 Å². The number of ether oxygens (including phenoxy) is 1. The summed E-state index contributed by atoms with van der Waals surface area (Å²) in [6, 6.07) is 12.1. The van der Waals surface area contributed by atoms with Crippen LogP contribution in [-0.4, -0.2) is 19.2 Å². The summed E-state index contributed by atoms with van der Waals surface area (Å²) in [6.07, 6.45) is 4.02. The van der Waals surface area contributed by atoms with Crippen LogP contribution in [0.1, 0.15) is 19.3 Å². The van der Waals surface area contributed by atoms with E-state index in [1.807, 2.05) is 30.3 Å². The molecule has 104 valence electrons. The number of benzene rings is 2. The van der Waals surface area contributed by atoms with Crippen LogP contribution in [-0.2, 0) is 0 Å². The maximum absolute atomic E-state index is 6.25. The molecule has 2 fully saturated rings. The summed E-state index contributed by atoms with van der Waals surface area (Å²) < 4.78 is 6.22. The van der Waals surface area contributed by atoms with Gasteiger partial charge in [-0.25, -0.2) is 0 Å². The van der Waals surface area contributed by atoms with E-state index in [1.54, 1.807) is 0 Å². The zero-order valence-corrected chi connectivity index (χ0v) is 12.1. The lowest BCUT2D eigenvalue weighted by atomic mass is 9.66. The van der Waals surface area contributed by atoms with Crippen molar-refractivity contribution in [1.29, 1.82) is 0 Å². The van der Waals surface area contributed by atoms with Crippen molar-refractivity contribution < 1.29 is 4.74 Å². The smallest absolute Gasteiger partial charge is 0.127 e. The van der Waals surface area contributed by atoms with Crippen LogP contribution in [0.4, 0.5) is 0 Å². The van der Waals surface area contributed by atoms with E-state index in [9.17, 15) is 0 Å². The number of halogens is 1. The van der Waals surface area contributed by atoms with Crippen molar-refractivity contribution in [3.63, 3.8) is 0 Å². The lowest BCUT2D eigenvalue weighted by Gasteiger charge is -2.44. The highest BCUT2D eigenvalue weighted by Gasteiger charge is 2.47. The molecule has 1 saturated heterocycles. The molecule has 2 aromatic rings. The first kappa shape index (κ1) is 12.5. The summed E-state index contributed by atoms with van der Waals surface area (Å²) in [4.78, 5) is 0. The topological polar surface area (TPSA) is 21.3 Å². The van der Waals surface area contributed by atoms with Crippen LogP contribution in [0.5, 0.6) is 5.75 Å². The Balaban J connectivity index is 1.57. The molecule has 1 aliphatic carbocycles. The van der Waals surface area contributed by atoms with Gasteiger partial charge in [0.05, 0.1) is 6.10 Å². The predicted octanol–water partition coefficient (Wildman–Crippen LogP) is 4.01. The maximum atomic E-state index is 6.25. The number of hydrogen-bond acceptors (Lipinski definition) is 2. The summed E-state index contributed by atoms with van der Waals surface area (Å²) in [6.45, 7) is 2.32. The standard InChI is InChI=1S/C17H18ClNO/c18-15-5-6-16(14-4-2-1-3-13(14)15)20-12-9-17(10-12)7-8-19-11-17/h1-6,12,19H,7-11H2. The molecule has 3 heteroatoms. The minimum atomic E-state index is 0.361. The third kappa shape index (κ3) is 1.99. The number of rotatable bonds is 2. The summed E-state index contributed by atoms with van der Waals surface area (Å²) in [7, 11) is 0. The summed E-state index contributed by atoms with van der Waals surface area (Å²) >= 11 is 6.25. The van der Waals surface area contributed by atoms with E-state index in [0.29, 0.717) is 11.5 Å². The minimum Gasteiger partial charge on any atom is -0.490 e. The quantitative estimate of drug-likeness (QED) is 0.901. The monoisotopic (exact) mass is 287 g/mol. The van der Waals surface area contributed by atoms with Crippen LogP contribution in [0.15, 0.2) is 36.4 Å². The zero-order valence-electron chi connectivity index (χ0n) is 11.4. The Bertz CT molecular complexity index is 640. The molecule has 1 N–H and O–H groups in total. The Kier molecular flexibility index (Phi) is 2.90. The van der Waals surface area contributed by atoms with Crippen molar-refractivity contribution in [2.24, 2.45) is 5.41 Å². The normalized spacial score (nSPS) is 28.8. The van der Waals surface area contributed by atoms with E-state index in [1.165, 1.54) is 19.3 Å². The van der Waals surface area contributed by atoms with E-state index < -0.39 is 0 Å². The number of nitrogens with one attached hydrogen (secondary N) is 1. The van der Waals surface area contributed by atoms with Crippen molar-refractivity contribution in [3.8, 4) is 5.75 Å². The van der Waals surface area contributed by atoms with Crippen LogP contribution >= 0.6 is 11.6 Å². The number of hydrogen-bond donors (Lipinski definition) is 1. The molecule has 2 aromatic carbocycles. The first-order valence-corrected chi connectivity index (χ1v) is 7.68. The van der Waals surface area contributed by atoms with E-state index in [-0.39, 0.29) is 0 Å². The molecule has 1 saturated carbocycles. The second-order valence-corrected chi connectivity index (χ2v) is 6.57. The molecule has 4 rings (SSSR count). The highest BCUT2D eigenvalue weighted by Crippen LogP contribution is 2.47. The first-order chi connectivity index (χ1) is 9.76. The van der Waals surface area contributed by atoms with E-state index in [0.717, 1.165) is 34.6 Å². The Labute approximate surface area is 124 Å². The van der Waals surface area contributed by atoms with Crippen LogP contribution in [0, 0.1) is 5.41 Å². The molecule has 20 heavy (non-hydrogen) atoms. The Morgan fingerprint density at radius 3 is 2.65 bits per heavy atom. The highest BCUT2D eigenvalue weighted by molar-refractivity contribution is 6.35. The lowest BCUT2D eigenvalue weighted by molar-refractivity contribution is -0.000272. The average Bonchev–Trinajstić information content (AvgIpc) is 2.91. The first-order valence-electron chi connectivity index (χ1n) is 7.30. The Morgan fingerprint density at radius 2 is 1.90 bits per heavy atom. The van der Waals surface area contributed by atoms with Gasteiger partial charge in [0.25, 0.3) is 0 Å². The van der Waals surface area contributed by atoms with Crippen molar-refractivity contribution in [2.45, 2.75) is 25.4 Å². The van der Waals surface area contributed by atoms with Crippen LogP contribution in [0.25, 0.3) is 10.8 Å². The molecule has 2 nitrogen and oxygen atoms in total. The molecule has 0 atom stereocenters. The molecule has 1 heterocycles. The van der Waals surface area contributed by atoms with Gasteiger partial charge in [-0.05, 0) is 43.4 Å². The van der Waals surface area contributed by atoms with Crippen molar-refractivity contribution in [1.82, 2.24) is 5.32 Å². The van der Waals surface area contributed by atoms with Gasteiger partial charge in [-0.1, -0.05) is 35.9 Å². The fraction of sp³-hybridized carbons (Fsp3) is 0.412. The van der Waals surface area contributed by atoms with Gasteiger partial charge in [0.2, 0.25) is 0 Å². The van der Waals surface area contributed by atoms with E-state index in [4.69, 9.17) is 16.3 Å². The van der Waals surface area contributed by atoms with Gasteiger partial charge in [-0.3, -0.25) is 0 Å². The molecule has 0 amide bonds. The molecule has 0 bridgehead atoms. The lowest BCUT2D eigenvalue weighted by Crippen LogP contribution is -2.45. The fourth-order valence-electron chi connectivity index (χ4n) is 3.65. The Hall–Kier alpha value is -1.25. The third-order valence-electron chi connectivity index (χ3n) is 4.78. The maximum Gasteiger partial charge on any atom is 0.127 e. The molecule has 1 spiro atoms. The molecule has 0 aromatic heterocycles. The second kappa shape index (κ2) is 4.64. The molecular formula is C17H18ClNO. The third-order valence-corrected chi connectivity index (χ3v) is 5.11. The molecule has 0 radical (unpaired) electrons. The average molecular weight is 288 g/mol. The van der Waals surface area contributed by atoms with Crippen molar-refractivity contribution in [3.05, 3.63) is 41.4 Å². The zero-order chi connectivity index (χ0) is 13.6. The largest absolute Gasteiger partial charge is 0.490 e. The van der Waals surface area contributed by atoms with Crippen LogP contribution < -0.4 is 10.1 Å². The number of fused-ring (bicyclic) bond motifs is 1. The summed E-state index contributed by atoms with van der Waals surface area (Å²) in [5.41, 5.74) is 0.521. The van der Waals surface area contributed by atoms with E-state index in [2.05, 4.69) is 11.4 Å². The molecule has 2 aliphatic rings. The van der Waals surface area contributed by atoms with Gasteiger partial charge in [0.15, 0.2) is 0 Å². The molecule has 1 aliphatic heterocycles. The van der Waals surface area contributed by atoms with Gasteiger partial charge in [-0.2, -0.15) is 0 Å². The molecule has 0 unspecified atom stereocenters. The van der Waals surface area contributed by atoms with Gasteiger partial charge in [0.1, 0.15) is 5.75 Å². The Morgan fingerprint density at radius 1 is 1.10 bits per heavy atom. The predicted molar refractivity (Wildman–Crippen MR) is 82.5 cm³/mol. The highest BCUT2D eigenvalue weighted by atomic mass is 35.5. The van der Waals surface area contributed by atoms with Crippen LogP contribution in [0.2, 0.25) is 5.02 Å². The molecular weight excluding hydrogens is 270 g/mol. The second-order valence-electron chi connectivity index (χ2n) is 6.17. The summed E-state index contributed by atoms with van der Waals surface area (Å²) in [5.74, 6) is 0.968. The van der Waals surface area contributed by atoms with Gasteiger partial charge < -0.3 is 10.1 Å². The fourth-order valence-corrected chi connectivity index (χ4v) is 3.88. The summed E-state index contributed by atoms with van der Waals surface area (Å²) in [5, 5.41) is 6.44. The minimum absolute atomic E-state index is 0.361.